The SMILES string of the molecule is CCCCCCCC/C=C\C/C=C/CCC(=O)OC(CCCCC/C=C/CCCCCCCCC)CC(=O)NC(CO)C(O)CCCCCCCCCCCCCC. The zero-order chi connectivity index (χ0) is 42.4. The van der Waals surface area contributed by atoms with Crippen LogP contribution in [0.15, 0.2) is 36.5 Å². The van der Waals surface area contributed by atoms with E-state index in [1.807, 2.05) is 6.08 Å². The molecule has 0 aliphatic carbocycles. The summed E-state index contributed by atoms with van der Waals surface area (Å²) in [5.41, 5.74) is 0. The Labute approximate surface area is 360 Å². The molecular weight excluding hydrogens is 719 g/mol. The maximum absolute atomic E-state index is 13.2. The number of allylic oxidation sites excluding steroid dienone is 6. The minimum Gasteiger partial charge on any atom is -0.462 e. The normalized spacial score (nSPS) is 13.5. The molecule has 0 rings (SSSR count). The van der Waals surface area contributed by atoms with Gasteiger partial charge < -0.3 is 20.3 Å². The second-order valence-electron chi connectivity index (χ2n) is 17.2. The van der Waals surface area contributed by atoms with Crippen molar-refractivity contribution in [3.63, 3.8) is 0 Å². The van der Waals surface area contributed by atoms with Crippen LogP contribution in [0, 0.1) is 0 Å². The summed E-state index contributed by atoms with van der Waals surface area (Å²) >= 11 is 0. The van der Waals surface area contributed by atoms with Crippen molar-refractivity contribution in [1.29, 1.82) is 0 Å². The van der Waals surface area contributed by atoms with E-state index in [-0.39, 0.29) is 31.3 Å². The highest BCUT2D eigenvalue weighted by Crippen LogP contribution is 2.17. The first-order valence-electron chi connectivity index (χ1n) is 25.2. The Kier molecular flexibility index (Phi) is 44.6. The molecule has 6 nitrogen and oxygen atoms in total. The molecule has 0 aromatic carbocycles. The molecule has 0 saturated heterocycles. The third kappa shape index (κ3) is 40.8. The highest BCUT2D eigenvalue weighted by atomic mass is 16.5. The number of esters is 1. The summed E-state index contributed by atoms with van der Waals surface area (Å²) in [6, 6.07) is -0.714. The fourth-order valence-electron chi connectivity index (χ4n) is 7.60. The smallest absolute Gasteiger partial charge is 0.306 e. The zero-order valence-corrected chi connectivity index (χ0v) is 38.7. The van der Waals surface area contributed by atoms with Crippen LogP contribution in [0.1, 0.15) is 258 Å². The van der Waals surface area contributed by atoms with E-state index in [2.05, 4.69) is 56.5 Å². The molecule has 3 N–H and O–H groups in total. The number of nitrogens with one attached hydrogen (secondary N) is 1. The van der Waals surface area contributed by atoms with Crippen LogP contribution in [0.25, 0.3) is 0 Å². The molecular formula is C52H97NO5. The average Bonchev–Trinajstić information content (AvgIpc) is 3.22. The van der Waals surface area contributed by atoms with Gasteiger partial charge in [0, 0.05) is 6.42 Å². The molecule has 0 saturated carbocycles. The lowest BCUT2D eigenvalue weighted by Gasteiger charge is -2.24. The number of amides is 1. The molecule has 0 radical (unpaired) electrons. The molecule has 0 bridgehead atoms. The van der Waals surface area contributed by atoms with Gasteiger partial charge in [-0.15, -0.1) is 0 Å². The maximum Gasteiger partial charge on any atom is 0.306 e. The molecule has 1 amide bonds. The van der Waals surface area contributed by atoms with Crippen LogP contribution >= 0.6 is 0 Å². The van der Waals surface area contributed by atoms with Crippen molar-refractivity contribution in [2.75, 3.05) is 6.61 Å². The Hall–Kier alpha value is -1.92. The quantitative estimate of drug-likeness (QED) is 0.0323. The first-order chi connectivity index (χ1) is 28.5. The van der Waals surface area contributed by atoms with E-state index in [0.29, 0.717) is 19.3 Å². The molecule has 340 valence electrons. The Morgan fingerprint density at radius 3 is 1.34 bits per heavy atom. The number of carbonyl (C=O) groups is 2. The van der Waals surface area contributed by atoms with Gasteiger partial charge in [0.15, 0.2) is 0 Å². The average molecular weight is 816 g/mol. The van der Waals surface area contributed by atoms with E-state index in [0.717, 1.165) is 64.2 Å². The Bertz CT molecular complexity index is 961. The molecule has 0 aliphatic heterocycles. The topological polar surface area (TPSA) is 95.9 Å². The second kappa shape index (κ2) is 46.2. The van der Waals surface area contributed by atoms with Crippen LogP contribution in [0.5, 0.6) is 0 Å². The number of unbranched alkanes of at least 4 members (excludes halogenated alkanes) is 27. The Morgan fingerprint density at radius 2 is 0.879 bits per heavy atom. The van der Waals surface area contributed by atoms with Crippen LogP contribution in [-0.4, -0.2) is 46.9 Å². The summed E-state index contributed by atoms with van der Waals surface area (Å²) in [5, 5.41) is 23.7. The van der Waals surface area contributed by atoms with E-state index in [9.17, 15) is 19.8 Å². The predicted molar refractivity (Wildman–Crippen MR) is 250 cm³/mol. The predicted octanol–water partition coefficient (Wildman–Crippen LogP) is 14.9. The number of hydrogen-bond donors (Lipinski definition) is 3. The molecule has 6 heteroatoms. The first-order valence-corrected chi connectivity index (χ1v) is 25.2. The van der Waals surface area contributed by atoms with Gasteiger partial charge >= 0.3 is 5.97 Å². The van der Waals surface area contributed by atoms with Gasteiger partial charge in [-0.2, -0.15) is 0 Å². The van der Waals surface area contributed by atoms with Crippen molar-refractivity contribution < 1.29 is 24.5 Å². The molecule has 0 aliphatic rings. The van der Waals surface area contributed by atoms with Gasteiger partial charge in [-0.1, -0.05) is 211 Å². The zero-order valence-electron chi connectivity index (χ0n) is 38.7. The van der Waals surface area contributed by atoms with Crippen molar-refractivity contribution in [3.8, 4) is 0 Å². The fraction of sp³-hybridized carbons (Fsp3) is 0.846. The van der Waals surface area contributed by atoms with Crippen molar-refractivity contribution >= 4 is 11.9 Å². The summed E-state index contributed by atoms with van der Waals surface area (Å²) in [5.74, 6) is -0.563. The van der Waals surface area contributed by atoms with Gasteiger partial charge in [0.05, 0.1) is 25.2 Å². The molecule has 0 fully saturated rings. The first kappa shape index (κ1) is 56.1. The van der Waals surface area contributed by atoms with Gasteiger partial charge in [0.25, 0.3) is 0 Å². The van der Waals surface area contributed by atoms with Gasteiger partial charge in [0.2, 0.25) is 5.91 Å². The maximum atomic E-state index is 13.2. The lowest BCUT2D eigenvalue weighted by Crippen LogP contribution is -2.46. The van der Waals surface area contributed by atoms with E-state index in [1.165, 1.54) is 141 Å². The summed E-state index contributed by atoms with van der Waals surface area (Å²) in [7, 11) is 0. The summed E-state index contributed by atoms with van der Waals surface area (Å²) in [6.07, 6.45) is 53.5. The van der Waals surface area contributed by atoms with Gasteiger partial charge in [0.1, 0.15) is 6.10 Å². The standard InChI is InChI=1S/C52H97NO5/c1-4-7-10-13-16-19-22-25-27-28-31-34-37-40-43-48(58-52(57)45-42-39-36-33-30-26-23-20-17-14-11-8-5-2)46-51(56)53-49(47-54)50(55)44-41-38-35-32-29-24-21-18-15-12-9-6-3/h26-28,30,36,39,48-50,54-55H,4-25,29,31-35,37-38,40-47H2,1-3H3,(H,53,56)/b28-27+,30-26-,39-36+. The van der Waals surface area contributed by atoms with Crippen LogP contribution < -0.4 is 5.32 Å². The number of rotatable bonds is 45. The van der Waals surface area contributed by atoms with Crippen molar-refractivity contribution in [1.82, 2.24) is 5.32 Å². The summed E-state index contributed by atoms with van der Waals surface area (Å²) in [4.78, 5) is 26.0. The number of aliphatic hydroxyl groups is 2. The van der Waals surface area contributed by atoms with Crippen molar-refractivity contribution in [2.24, 2.45) is 0 Å². The lowest BCUT2D eigenvalue weighted by atomic mass is 10.0. The van der Waals surface area contributed by atoms with Crippen molar-refractivity contribution in [2.45, 2.75) is 277 Å². The molecule has 0 spiro atoms. The third-order valence-electron chi connectivity index (χ3n) is 11.5. The number of aliphatic hydroxyl groups excluding tert-OH is 2. The van der Waals surface area contributed by atoms with Gasteiger partial charge in [-0.25, -0.2) is 0 Å². The van der Waals surface area contributed by atoms with Crippen LogP contribution in [-0.2, 0) is 14.3 Å². The van der Waals surface area contributed by atoms with E-state index >= 15 is 0 Å². The minimum absolute atomic E-state index is 0.0468. The van der Waals surface area contributed by atoms with Crippen LogP contribution in [0.3, 0.4) is 0 Å². The summed E-state index contributed by atoms with van der Waals surface area (Å²) in [6.45, 7) is 6.45. The van der Waals surface area contributed by atoms with Crippen LogP contribution in [0.4, 0.5) is 0 Å². The minimum atomic E-state index is -0.797. The van der Waals surface area contributed by atoms with E-state index in [4.69, 9.17) is 4.74 Å². The van der Waals surface area contributed by atoms with Gasteiger partial charge in [-0.3, -0.25) is 9.59 Å². The highest BCUT2D eigenvalue weighted by molar-refractivity contribution is 5.77. The Balaban J connectivity index is 4.67. The molecule has 58 heavy (non-hydrogen) atoms. The molecule has 0 aromatic heterocycles. The number of hydrogen-bond acceptors (Lipinski definition) is 5. The Morgan fingerprint density at radius 1 is 0.500 bits per heavy atom. The molecule has 3 unspecified atom stereocenters. The van der Waals surface area contributed by atoms with E-state index < -0.39 is 18.2 Å². The van der Waals surface area contributed by atoms with Gasteiger partial charge in [-0.05, 0) is 70.6 Å². The fourth-order valence-corrected chi connectivity index (χ4v) is 7.60. The molecule has 3 atom stereocenters. The number of ether oxygens (including phenoxy) is 1. The largest absolute Gasteiger partial charge is 0.462 e. The molecule has 0 heterocycles. The molecule has 0 aromatic rings. The number of carbonyl (C=O) groups excluding carboxylic acids is 2. The second-order valence-corrected chi connectivity index (χ2v) is 17.2. The highest BCUT2D eigenvalue weighted by Gasteiger charge is 2.24. The summed E-state index contributed by atoms with van der Waals surface area (Å²) < 4.78 is 5.88. The lowest BCUT2D eigenvalue weighted by molar-refractivity contribution is -0.150. The van der Waals surface area contributed by atoms with E-state index in [1.54, 1.807) is 0 Å². The van der Waals surface area contributed by atoms with Crippen molar-refractivity contribution in [3.05, 3.63) is 36.5 Å². The third-order valence-corrected chi connectivity index (χ3v) is 11.5. The monoisotopic (exact) mass is 816 g/mol. The van der Waals surface area contributed by atoms with Crippen LogP contribution in [0.2, 0.25) is 0 Å².